The number of H-pyrrole nitrogens is 1. The zero-order chi connectivity index (χ0) is 55.7. The van der Waals surface area contributed by atoms with E-state index in [9.17, 15) is 68.4 Å². The van der Waals surface area contributed by atoms with Gasteiger partial charge in [-0.15, -0.1) is 0 Å². The first-order chi connectivity index (χ1) is 34.9. The fraction of sp³-hybridized carbons (Fsp3) is 0.643. The fourth-order valence-corrected chi connectivity index (χ4v) is 7.70. The van der Waals surface area contributed by atoms with Crippen molar-refractivity contribution in [3.05, 3.63) is 18.2 Å². The van der Waals surface area contributed by atoms with Gasteiger partial charge in [0.05, 0.1) is 31.5 Å². The molecular weight excluding hydrogens is 999 g/mol. The largest absolute Gasteiger partial charge is 0.481 e. The molecule has 0 radical (unpaired) electrons. The predicted octanol–water partition coefficient (Wildman–Crippen LogP) is -7.52. The summed E-state index contributed by atoms with van der Waals surface area (Å²) in [5, 5.41) is 57.1. The number of amides is 8. The van der Waals surface area contributed by atoms with E-state index in [-0.39, 0.29) is 82.2 Å². The molecule has 74 heavy (non-hydrogen) atoms. The van der Waals surface area contributed by atoms with Crippen molar-refractivity contribution in [3.63, 3.8) is 0 Å². The van der Waals surface area contributed by atoms with Crippen LogP contribution in [0.25, 0.3) is 0 Å². The van der Waals surface area contributed by atoms with E-state index < -0.39 is 133 Å². The molecule has 0 aliphatic carbocycles. The number of aliphatic imine (C=N–C) groups is 2. The Balaban J connectivity index is 2.39. The summed E-state index contributed by atoms with van der Waals surface area (Å²) < 4.78 is 0. The van der Waals surface area contributed by atoms with Crippen LogP contribution in [0.5, 0.6) is 0 Å². The van der Waals surface area contributed by atoms with Gasteiger partial charge in [-0.2, -0.15) is 11.8 Å². The molecule has 2 heterocycles. The Labute approximate surface area is 429 Å². The number of nitrogens with two attached hydrogens (primary N) is 5. The summed E-state index contributed by atoms with van der Waals surface area (Å²) >= 11 is 1.37. The normalized spacial score (nSPS) is 16.7. The minimum atomic E-state index is -1.87. The van der Waals surface area contributed by atoms with Crippen LogP contribution in [0.1, 0.15) is 70.9 Å². The number of aromatic amines is 1. The average Bonchev–Trinajstić information content (AvgIpc) is 4.05. The average molecular weight is 1070 g/mol. The third kappa shape index (κ3) is 21.8. The molecular formula is C42H71N17O14S. The van der Waals surface area contributed by atoms with Gasteiger partial charge in [-0.3, -0.25) is 53.1 Å². The Hall–Kier alpha value is -7.32. The summed E-state index contributed by atoms with van der Waals surface area (Å²) in [5.41, 5.74) is 27.5. The van der Waals surface area contributed by atoms with Crippen LogP contribution in [-0.2, 0) is 54.4 Å². The van der Waals surface area contributed by atoms with Crippen molar-refractivity contribution < 1.29 is 68.4 Å². The number of hydrogen-bond acceptors (Lipinski definition) is 17. The van der Waals surface area contributed by atoms with Crippen LogP contribution in [-0.4, -0.2) is 205 Å². The molecule has 0 spiro atoms. The van der Waals surface area contributed by atoms with Crippen LogP contribution in [0.3, 0.4) is 0 Å². The highest BCUT2D eigenvalue weighted by atomic mass is 32.2. The molecule has 1 fully saturated rings. The molecule has 0 bridgehead atoms. The molecule has 1 aliphatic heterocycles. The minimum Gasteiger partial charge on any atom is -0.481 e. The highest BCUT2D eigenvalue weighted by molar-refractivity contribution is 7.98. The molecule has 1 aliphatic rings. The van der Waals surface area contributed by atoms with Crippen LogP contribution >= 0.6 is 11.8 Å². The van der Waals surface area contributed by atoms with Crippen molar-refractivity contribution in [3.8, 4) is 0 Å². The molecule has 10 atom stereocenters. The van der Waals surface area contributed by atoms with Crippen molar-refractivity contribution in [1.82, 2.24) is 52.1 Å². The molecule has 414 valence electrons. The van der Waals surface area contributed by atoms with Gasteiger partial charge < -0.3 is 96.2 Å². The molecule has 31 nitrogen and oxygen atoms in total. The number of nitrogens with zero attached hydrogens (tertiary/aromatic N) is 4. The van der Waals surface area contributed by atoms with Crippen LogP contribution < -0.4 is 65.9 Å². The van der Waals surface area contributed by atoms with Crippen molar-refractivity contribution >= 4 is 82.9 Å². The number of nitrogens with one attached hydrogen (secondary N) is 8. The van der Waals surface area contributed by atoms with E-state index >= 15 is 0 Å². The maximum atomic E-state index is 14.0. The number of carboxylic acids is 2. The number of aliphatic hydroxyl groups is 2. The smallest absolute Gasteiger partial charge is 0.326 e. The molecule has 0 aromatic carbocycles. The fourth-order valence-electron chi connectivity index (χ4n) is 7.23. The van der Waals surface area contributed by atoms with Gasteiger partial charge in [0, 0.05) is 37.9 Å². The summed E-state index contributed by atoms with van der Waals surface area (Å²) in [4.78, 5) is 148. The summed E-state index contributed by atoms with van der Waals surface area (Å²) in [6.45, 7) is 1.43. The summed E-state index contributed by atoms with van der Waals surface area (Å²) in [7, 11) is 0. The van der Waals surface area contributed by atoms with Crippen molar-refractivity contribution in [2.45, 2.75) is 132 Å². The number of carbonyl (C=O) groups is 10. The molecule has 32 heteroatoms. The van der Waals surface area contributed by atoms with E-state index in [1.165, 1.54) is 38.1 Å². The predicted molar refractivity (Wildman–Crippen MR) is 266 cm³/mol. The Morgan fingerprint density at radius 3 is 1.76 bits per heavy atom. The van der Waals surface area contributed by atoms with Gasteiger partial charge >= 0.3 is 11.9 Å². The monoisotopic (exact) mass is 1070 g/mol. The lowest BCUT2D eigenvalue weighted by Gasteiger charge is -2.31. The van der Waals surface area contributed by atoms with Gasteiger partial charge in [-0.05, 0) is 70.8 Å². The Kier molecular flexibility index (Phi) is 27.1. The Morgan fingerprint density at radius 1 is 0.743 bits per heavy atom. The molecule has 0 saturated carbocycles. The highest BCUT2D eigenvalue weighted by Gasteiger charge is 2.41. The molecule has 1 aromatic heterocycles. The third-order valence-corrected chi connectivity index (χ3v) is 11.8. The third-order valence-electron chi connectivity index (χ3n) is 11.1. The number of likely N-dealkylation sites (tertiary alicyclic amines) is 1. The van der Waals surface area contributed by atoms with Crippen LogP contribution in [0.15, 0.2) is 22.5 Å². The van der Waals surface area contributed by atoms with Gasteiger partial charge in [-0.25, -0.2) is 9.78 Å². The van der Waals surface area contributed by atoms with Gasteiger partial charge in [0.2, 0.25) is 47.3 Å². The number of imidazole rings is 1. The maximum absolute atomic E-state index is 14.0. The van der Waals surface area contributed by atoms with E-state index in [0.29, 0.717) is 12.2 Å². The zero-order valence-electron chi connectivity index (χ0n) is 41.3. The molecule has 1 saturated heterocycles. The Bertz CT molecular complexity index is 2140. The number of thioether (sulfide) groups is 1. The van der Waals surface area contributed by atoms with E-state index in [2.05, 4.69) is 57.2 Å². The topological polar surface area (TPSA) is 523 Å². The number of aliphatic carboxylic acids is 2. The van der Waals surface area contributed by atoms with E-state index in [1.807, 2.05) is 0 Å². The summed E-state index contributed by atoms with van der Waals surface area (Å²) in [6, 6.07) is -13.5. The second-order valence-corrected chi connectivity index (χ2v) is 18.1. The van der Waals surface area contributed by atoms with Crippen molar-refractivity contribution in [2.24, 2.45) is 38.7 Å². The summed E-state index contributed by atoms with van der Waals surface area (Å²) in [6.07, 6.45) is 1.73. The molecule has 2 rings (SSSR count). The minimum absolute atomic E-state index is 0.0172. The highest BCUT2D eigenvalue weighted by Crippen LogP contribution is 2.20. The first-order valence-corrected chi connectivity index (χ1v) is 24.8. The first kappa shape index (κ1) is 62.8. The zero-order valence-corrected chi connectivity index (χ0v) is 42.1. The van der Waals surface area contributed by atoms with Crippen LogP contribution in [0, 0.1) is 0 Å². The first-order valence-electron chi connectivity index (χ1n) is 23.4. The quantitative estimate of drug-likeness (QED) is 0.0177. The van der Waals surface area contributed by atoms with E-state index in [1.54, 1.807) is 6.26 Å². The molecule has 0 unspecified atom stereocenters. The number of aromatic nitrogens is 2. The van der Waals surface area contributed by atoms with E-state index in [4.69, 9.17) is 28.7 Å². The summed E-state index contributed by atoms with van der Waals surface area (Å²) in [5.74, 6) is -10.9. The van der Waals surface area contributed by atoms with Crippen molar-refractivity contribution in [1.29, 1.82) is 0 Å². The second kappa shape index (κ2) is 32.0. The Morgan fingerprint density at radius 2 is 1.26 bits per heavy atom. The van der Waals surface area contributed by atoms with Gasteiger partial charge in [0.1, 0.15) is 48.3 Å². The van der Waals surface area contributed by atoms with Gasteiger partial charge in [0.15, 0.2) is 11.9 Å². The maximum Gasteiger partial charge on any atom is 0.326 e. The number of aliphatic hydroxyl groups excluding tert-OH is 2. The molecule has 1 aromatic rings. The second-order valence-electron chi connectivity index (χ2n) is 17.2. The number of guanidine groups is 2. The number of hydrogen-bond donors (Lipinski definition) is 17. The van der Waals surface area contributed by atoms with Crippen molar-refractivity contribution in [2.75, 3.05) is 38.2 Å². The number of carboxylic acid groups (broad SMARTS) is 2. The molecule has 8 amide bonds. The number of carbonyl (C=O) groups excluding carboxylic acids is 8. The van der Waals surface area contributed by atoms with E-state index in [0.717, 1.165) is 4.90 Å². The SMILES string of the molecule is CSCC[C@H](NC(=O)[C@@H]1CCCN1C(=O)[C@@H](NC(=O)[C@H](CCCN=C(N)N)NC(=O)[C@H](CO)NC(=O)[C@H](Cc1cnc[nH]1)NC(=O)[C@H](CC(=O)O)NC(=O)[C@H](CCCN=C(N)N)NC(=O)[C@H](C)N)[C@@H](C)O)C(=O)O. The molecule has 22 N–H and O–H groups in total. The van der Waals surface area contributed by atoms with Crippen LogP contribution in [0.2, 0.25) is 0 Å². The lowest BCUT2D eigenvalue weighted by Crippen LogP contribution is -2.62. The lowest BCUT2D eigenvalue weighted by atomic mass is 10.1. The lowest BCUT2D eigenvalue weighted by molar-refractivity contribution is -0.146. The number of rotatable bonds is 33. The van der Waals surface area contributed by atoms with Gasteiger partial charge in [-0.1, -0.05) is 0 Å². The van der Waals surface area contributed by atoms with Gasteiger partial charge in [0.25, 0.3) is 0 Å². The van der Waals surface area contributed by atoms with Crippen LogP contribution in [0.4, 0.5) is 0 Å². The standard InChI is InChI=1S/C42H71N17O14S/c1-20(43)32(64)52-23(7-4-11-49-41(44)45)33(65)56-27(16-30(62)63)36(68)55-26(15-22-17-48-19-51-22)35(67)57-28(18-60)37(69)53-24(8-5-12-50-42(46)47)34(66)58-31(21(2)61)39(71)59-13-6-9-29(59)38(70)54-25(40(72)73)10-14-74-3/h17,19-21,23-29,31,60-61H,4-16,18,43H2,1-3H3,(H,48,51)(H,52,64)(H,53,69)(H,54,70)(H,55,68)(H,56,65)(H,57,67)(H,58,66)(H,62,63)(H,72,73)(H4,44,45,49)(H4,46,47,50)/t20-,21+,23-,24-,25-,26-,27-,28-,29-,31-/m0/s1.